The Morgan fingerprint density at radius 1 is 1.19 bits per heavy atom. The van der Waals surface area contributed by atoms with Crippen molar-refractivity contribution < 1.29 is 0 Å². The molecule has 0 aliphatic rings. The molecule has 0 saturated carbocycles. The molecule has 0 aliphatic heterocycles. The summed E-state index contributed by atoms with van der Waals surface area (Å²) in [6.45, 7) is 7.42. The third-order valence-electron chi connectivity index (χ3n) is 3.61. The first-order valence-electron chi connectivity index (χ1n) is 7.26. The first-order valence-corrected chi connectivity index (χ1v) is 8.05. The molecule has 1 aromatic carbocycles. The molecular formula is C17H22BrN3. The number of hydrogen-bond acceptors (Lipinski definition) is 3. The molecule has 1 heterocycles. The smallest absolute Gasteiger partial charge is 0.159 e. The Balaban J connectivity index is 2.33. The van der Waals surface area contributed by atoms with Crippen molar-refractivity contribution in [3.05, 3.63) is 45.7 Å². The highest BCUT2D eigenvalue weighted by Gasteiger charge is 2.13. The fraction of sp³-hybridized carbons (Fsp3) is 0.412. The molecule has 4 heteroatoms. The van der Waals surface area contributed by atoms with Crippen molar-refractivity contribution >= 4 is 15.9 Å². The maximum atomic E-state index is 4.71. The van der Waals surface area contributed by atoms with E-state index in [9.17, 15) is 0 Å². The van der Waals surface area contributed by atoms with Gasteiger partial charge >= 0.3 is 0 Å². The highest BCUT2D eigenvalue weighted by Crippen LogP contribution is 2.23. The summed E-state index contributed by atoms with van der Waals surface area (Å²) in [4.78, 5) is 9.41. The molecule has 2 rings (SSSR count). The summed E-state index contributed by atoms with van der Waals surface area (Å²) < 4.78 is 1.05. The van der Waals surface area contributed by atoms with Crippen LogP contribution in [0.15, 0.2) is 28.7 Å². The van der Waals surface area contributed by atoms with Gasteiger partial charge in [0, 0.05) is 21.4 Å². The average Bonchev–Trinajstić information content (AvgIpc) is 2.43. The van der Waals surface area contributed by atoms with Crippen molar-refractivity contribution in [2.45, 2.75) is 27.2 Å². The molecule has 21 heavy (non-hydrogen) atoms. The number of nitrogens with zero attached hydrogens (tertiary/aromatic N) is 2. The van der Waals surface area contributed by atoms with Crippen LogP contribution in [-0.2, 0) is 6.42 Å². The summed E-state index contributed by atoms with van der Waals surface area (Å²) in [7, 11) is 1.99. The van der Waals surface area contributed by atoms with Crippen LogP contribution in [0, 0.1) is 19.8 Å². The molecule has 0 fully saturated rings. The summed E-state index contributed by atoms with van der Waals surface area (Å²) >= 11 is 3.50. The Labute approximate surface area is 135 Å². The lowest BCUT2D eigenvalue weighted by atomic mass is 9.98. The first kappa shape index (κ1) is 16.1. The minimum Gasteiger partial charge on any atom is -0.319 e. The number of benzene rings is 1. The molecule has 1 atom stereocenters. The van der Waals surface area contributed by atoms with Gasteiger partial charge < -0.3 is 5.32 Å². The van der Waals surface area contributed by atoms with Gasteiger partial charge in [-0.25, -0.2) is 9.97 Å². The van der Waals surface area contributed by atoms with Gasteiger partial charge in [0.15, 0.2) is 5.82 Å². The van der Waals surface area contributed by atoms with Gasteiger partial charge in [0.2, 0.25) is 0 Å². The molecule has 0 radical (unpaired) electrons. The second-order valence-corrected chi connectivity index (χ2v) is 6.49. The van der Waals surface area contributed by atoms with Crippen LogP contribution in [0.4, 0.5) is 0 Å². The Bertz CT molecular complexity index is 602. The molecule has 3 nitrogen and oxygen atoms in total. The zero-order chi connectivity index (χ0) is 15.4. The highest BCUT2D eigenvalue weighted by atomic mass is 79.9. The van der Waals surface area contributed by atoms with Crippen LogP contribution in [0.5, 0.6) is 0 Å². The van der Waals surface area contributed by atoms with Crippen molar-refractivity contribution in [3.8, 4) is 11.4 Å². The summed E-state index contributed by atoms with van der Waals surface area (Å²) in [5, 5.41) is 3.22. The number of nitrogens with one attached hydrogen (secondary N) is 1. The second-order valence-electron chi connectivity index (χ2n) is 5.57. The van der Waals surface area contributed by atoms with Crippen molar-refractivity contribution in [3.63, 3.8) is 0 Å². The fourth-order valence-electron chi connectivity index (χ4n) is 2.56. The van der Waals surface area contributed by atoms with Crippen LogP contribution in [0.2, 0.25) is 0 Å². The van der Waals surface area contributed by atoms with Crippen molar-refractivity contribution in [1.82, 2.24) is 15.3 Å². The number of aryl methyl sites for hydroxylation is 2. The number of hydrogen-bond donors (Lipinski definition) is 1. The van der Waals surface area contributed by atoms with Gasteiger partial charge in [-0.2, -0.15) is 0 Å². The van der Waals surface area contributed by atoms with Crippen LogP contribution in [0.1, 0.15) is 23.9 Å². The van der Waals surface area contributed by atoms with Crippen molar-refractivity contribution in [1.29, 1.82) is 0 Å². The maximum Gasteiger partial charge on any atom is 0.159 e. The van der Waals surface area contributed by atoms with Crippen LogP contribution >= 0.6 is 15.9 Å². The van der Waals surface area contributed by atoms with E-state index in [1.54, 1.807) is 0 Å². The molecule has 0 amide bonds. The topological polar surface area (TPSA) is 37.8 Å². The standard InChI is InChI=1S/C17H22BrN3/c1-11(10-19-4)8-16-12(2)20-17(21-13(16)3)14-6-5-7-15(18)9-14/h5-7,9,11,19H,8,10H2,1-4H3. The van der Waals surface area contributed by atoms with Crippen LogP contribution < -0.4 is 5.32 Å². The van der Waals surface area contributed by atoms with E-state index in [-0.39, 0.29) is 0 Å². The van der Waals surface area contributed by atoms with Crippen molar-refractivity contribution in [2.75, 3.05) is 13.6 Å². The third-order valence-corrected chi connectivity index (χ3v) is 4.10. The van der Waals surface area contributed by atoms with Gasteiger partial charge in [-0.05, 0) is 57.5 Å². The van der Waals surface area contributed by atoms with Gasteiger partial charge in [-0.1, -0.05) is 35.0 Å². The predicted molar refractivity (Wildman–Crippen MR) is 91.4 cm³/mol. The number of halogens is 1. The molecular weight excluding hydrogens is 326 g/mol. The van der Waals surface area contributed by atoms with Crippen LogP contribution in [-0.4, -0.2) is 23.6 Å². The Morgan fingerprint density at radius 3 is 2.43 bits per heavy atom. The Hall–Kier alpha value is -1.26. The SMILES string of the molecule is CNCC(C)Cc1c(C)nc(-c2cccc(Br)c2)nc1C. The quantitative estimate of drug-likeness (QED) is 0.890. The highest BCUT2D eigenvalue weighted by molar-refractivity contribution is 9.10. The summed E-state index contributed by atoms with van der Waals surface area (Å²) in [5.41, 5.74) is 4.49. The van der Waals surface area contributed by atoms with Gasteiger partial charge in [0.1, 0.15) is 0 Å². The molecule has 0 spiro atoms. The normalized spacial score (nSPS) is 12.4. The maximum absolute atomic E-state index is 4.71. The lowest BCUT2D eigenvalue weighted by Crippen LogP contribution is -2.19. The van der Waals surface area contributed by atoms with Crippen LogP contribution in [0.25, 0.3) is 11.4 Å². The minimum atomic E-state index is 0.577. The summed E-state index contributed by atoms with van der Waals surface area (Å²) in [5.74, 6) is 1.38. The van der Waals surface area contributed by atoms with E-state index in [0.29, 0.717) is 5.92 Å². The molecule has 0 saturated heterocycles. The average molecular weight is 348 g/mol. The summed E-state index contributed by atoms with van der Waals surface area (Å²) in [6, 6.07) is 8.12. The predicted octanol–water partition coefficient (Wildman–Crippen LogP) is 3.92. The van der Waals surface area contributed by atoms with E-state index in [2.05, 4.69) is 48.1 Å². The number of aromatic nitrogens is 2. The van der Waals surface area contributed by atoms with E-state index in [0.717, 1.165) is 40.2 Å². The van der Waals surface area contributed by atoms with Gasteiger partial charge in [0.25, 0.3) is 0 Å². The van der Waals surface area contributed by atoms with E-state index in [1.165, 1.54) is 5.56 Å². The van der Waals surface area contributed by atoms with Crippen molar-refractivity contribution in [2.24, 2.45) is 5.92 Å². The second kappa shape index (κ2) is 7.14. The lowest BCUT2D eigenvalue weighted by molar-refractivity contribution is 0.537. The van der Waals surface area contributed by atoms with Gasteiger partial charge in [-0.15, -0.1) is 0 Å². The largest absolute Gasteiger partial charge is 0.319 e. The minimum absolute atomic E-state index is 0.577. The van der Waals surface area contributed by atoms with E-state index in [1.807, 2.05) is 25.2 Å². The zero-order valence-corrected chi connectivity index (χ0v) is 14.7. The van der Waals surface area contributed by atoms with Crippen LogP contribution in [0.3, 0.4) is 0 Å². The van der Waals surface area contributed by atoms with E-state index >= 15 is 0 Å². The molecule has 2 aromatic rings. The Morgan fingerprint density at radius 2 is 1.86 bits per heavy atom. The summed E-state index contributed by atoms with van der Waals surface area (Å²) in [6.07, 6.45) is 1.01. The fourth-order valence-corrected chi connectivity index (χ4v) is 2.96. The Kier molecular flexibility index (Phi) is 5.48. The van der Waals surface area contributed by atoms with Gasteiger partial charge in [-0.3, -0.25) is 0 Å². The molecule has 0 bridgehead atoms. The zero-order valence-electron chi connectivity index (χ0n) is 13.1. The monoisotopic (exact) mass is 347 g/mol. The lowest BCUT2D eigenvalue weighted by Gasteiger charge is -2.15. The molecule has 112 valence electrons. The molecule has 0 aliphatic carbocycles. The van der Waals surface area contributed by atoms with E-state index in [4.69, 9.17) is 9.97 Å². The first-order chi connectivity index (χ1) is 10.0. The van der Waals surface area contributed by atoms with Gasteiger partial charge in [0.05, 0.1) is 0 Å². The van der Waals surface area contributed by atoms with E-state index < -0.39 is 0 Å². The molecule has 1 unspecified atom stereocenters. The molecule has 1 N–H and O–H groups in total. The molecule has 1 aromatic heterocycles. The number of rotatable bonds is 5. The third kappa shape index (κ3) is 4.11.